The molecule has 0 aliphatic rings. The molecule has 0 heterocycles. The van der Waals surface area contributed by atoms with Gasteiger partial charge in [0.05, 0.1) is 0 Å². The van der Waals surface area contributed by atoms with E-state index >= 15 is 0 Å². The molecule has 0 saturated heterocycles. The number of nitrogens with one attached hydrogen (secondary N) is 3. The largest absolute Gasteiger partial charge is 0.459 e. The number of hydrogen-bond acceptors (Lipinski definition) is 6. The van der Waals surface area contributed by atoms with Crippen molar-refractivity contribution in [3.05, 3.63) is 108 Å². The van der Waals surface area contributed by atoms with Crippen LogP contribution in [-0.4, -0.2) is 47.6 Å². The highest BCUT2D eigenvalue weighted by molar-refractivity contribution is 5.93. The van der Waals surface area contributed by atoms with Gasteiger partial charge in [0.2, 0.25) is 11.8 Å². The van der Waals surface area contributed by atoms with Crippen molar-refractivity contribution >= 4 is 23.9 Å². The van der Waals surface area contributed by atoms with Crippen molar-refractivity contribution in [2.24, 2.45) is 5.92 Å². The van der Waals surface area contributed by atoms with Crippen molar-refractivity contribution in [2.75, 3.05) is 0 Å². The molecule has 0 spiro atoms. The second-order valence-electron chi connectivity index (χ2n) is 12.8. The molecule has 0 fully saturated rings. The first-order chi connectivity index (χ1) is 21.9. The van der Waals surface area contributed by atoms with Crippen LogP contribution >= 0.6 is 0 Å². The highest BCUT2D eigenvalue weighted by Gasteiger charge is 2.31. The molecule has 3 aromatic rings. The first-order valence-corrected chi connectivity index (χ1v) is 15.8. The molecule has 3 N–H and O–H groups in total. The molecule has 3 aromatic carbocycles. The Balaban J connectivity index is 1.77. The van der Waals surface area contributed by atoms with Crippen molar-refractivity contribution < 1.29 is 28.7 Å². The number of carbonyl (C=O) groups excluding carboxylic acids is 4. The zero-order chi connectivity index (χ0) is 33.5. The van der Waals surface area contributed by atoms with Gasteiger partial charge in [0.1, 0.15) is 30.3 Å². The van der Waals surface area contributed by atoms with Crippen LogP contribution in [-0.2, 0) is 43.3 Å². The van der Waals surface area contributed by atoms with Crippen LogP contribution in [0.1, 0.15) is 64.2 Å². The lowest BCUT2D eigenvalue weighted by Gasteiger charge is -2.27. The second-order valence-corrected chi connectivity index (χ2v) is 12.8. The van der Waals surface area contributed by atoms with E-state index in [2.05, 4.69) is 16.0 Å². The fourth-order valence-corrected chi connectivity index (χ4v) is 4.79. The Morgan fingerprint density at radius 1 is 0.652 bits per heavy atom. The number of ether oxygens (including phenoxy) is 2. The van der Waals surface area contributed by atoms with Gasteiger partial charge in [-0.1, -0.05) is 105 Å². The molecule has 0 aliphatic carbocycles. The van der Waals surface area contributed by atoms with E-state index in [9.17, 15) is 19.2 Å². The quantitative estimate of drug-likeness (QED) is 0.191. The standard InChI is InChI=1S/C37H47N3O6/c1-26(2)23-31(38-33(41)30(40-36(44)46-37(3,4)5)22-21-27-15-9-6-10-16-27)34(42)39-32(24-28-17-11-7-12-18-28)35(43)45-25-29-19-13-8-14-20-29/h6-20,26,30-32H,21-25H2,1-5H3,(H,38,41)(H,39,42)(H,40,44)/t30-,31-,32-/m0/s1. The number of esters is 1. The molecule has 3 atom stereocenters. The molecule has 0 saturated carbocycles. The predicted octanol–water partition coefficient (Wildman–Crippen LogP) is 5.51. The summed E-state index contributed by atoms with van der Waals surface area (Å²) in [6, 6.07) is 25.3. The number of rotatable bonds is 15. The minimum atomic E-state index is -0.987. The van der Waals surface area contributed by atoms with Gasteiger partial charge in [-0.3, -0.25) is 9.59 Å². The molecule has 9 nitrogen and oxygen atoms in total. The lowest BCUT2D eigenvalue weighted by atomic mass is 10.00. The van der Waals surface area contributed by atoms with Crippen molar-refractivity contribution in [3.63, 3.8) is 0 Å². The molecular formula is C37H47N3O6. The predicted molar refractivity (Wildman–Crippen MR) is 178 cm³/mol. The van der Waals surface area contributed by atoms with Gasteiger partial charge in [-0.05, 0) is 62.6 Å². The summed E-state index contributed by atoms with van der Waals surface area (Å²) in [5.41, 5.74) is 1.91. The summed E-state index contributed by atoms with van der Waals surface area (Å²) in [6.45, 7) is 9.16. The molecule has 246 valence electrons. The SMILES string of the molecule is CC(C)C[C@H](NC(=O)[C@H](CCc1ccccc1)NC(=O)OC(C)(C)C)C(=O)N[C@@H](Cc1ccccc1)C(=O)OCc1ccccc1. The first kappa shape index (κ1) is 35.8. The number of amides is 3. The van der Waals surface area contributed by atoms with E-state index in [0.717, 1.165) is 16.7 Å². The molecule has 3 amide bonds. The number of carbonyl (C=O) groups is 4. The highest BCUT2D eigenvalue weighted by atomic mass is 16.6. The first-order valence-electron chi connectivity index (χ1n) is 15.8. The molecule has 0 bridgehead atoms. The van der Waals surface area contributed by atoms with Crippen molar-refractivity contribution in [2.45, 2.75) is 90.6 Å². The zero-order valence-corrected chi connectivity index (χ0v) is 27.5. The third-order valence-corrected chi connectivity index (χ3v) is 7.02. The maximum Gasteiger partial charge on any atom is 0.408 e. The van der Waals surface area contributed by atoms with E-state index < -0.39 is 47.6 Å². The van der Waals surface area contributed by atoms with Crippen LogP contribution in [0.4, 0.5) is 4.79 Å². The number of aryl methyl sites for hydroxylation is 1. The summed E-state index contributed by atoms with van der Waals surface area (Å²) in [7, 11) is 0. The van der Waals surface area contributed by atoms with Gasteiger partial charge in [-0.25, -0.2) is 9.59 Å². The van der Waals surface area contributed by atoms with E-state index in [1.165, 1.54) is 0 Å². The minimum Gasteiger partial charge on any atom is -0.459 e. The summed E-state index contributed by atoms with van der Waals surface area (Å²) in [6.07, 6.45) is 0.597. The monoisotopic (exact) mass is 629 g/mol. The Kier molecular flexibility index (Phi) is 13.8. The Morgan fingerprint density at radius 3 is 1.70 bits per heavy atom. The molecular weight excluding hydrogens is 582 g/mol. The zero-order valence-electron chi connectivity index (χ0n) is 27.5. The normalized spacial score (nSPS) is 13.2. The highest BCUT2D eigenvalue weighted by Crippen LogP contribution is 2.13. The van der Waals surface area contributed by atoms with Gasteiger partial charge in [0.25, 0.3) is 0 Å². The van der Waals surface area contributed by atoms with Gasteiger partial charge >= 0.3 is 12.1 Å². The molecule has 0 radical (unpaired) electrons. The average Bonchev–Trinajstić information content (AvgIpc) is 3.01. The molecule has 0 aliphatic heterocycles. The third kappa shape index (κ3) is 13.1. The van der Waals surface area contributed by atoms with Crippen molar-refractivity contribution in [3.8, 4) is 0 Å². The molecule has 9 heteroatoms. The summed E-state index contributed by atoms with van der Waals surface area (Å²) < 4.78 is 11.0. The fourth-order valence-electron chi connectivity index (χ4n) is 4.79. The van der Waals surface area contributed by atoms with Crippen LogP contribution in [0.25, 0.3) is 0 Å². The van der Waals surface area contributed by atoms with Crippen molar-refractivity contribution in [1.82, 2.24) is 16.0 Å². The number of alkyl carbamates (subject to hydrolysis) is 1. The maximum absolute atomic E-state index is 13.8. The van der Waals surface area contributed by atoms with Crippen LogP contribution in [0, 0.1) is 5.92 Å². The van der Waals surface area contributed by atoms with Crippen LogP contribution in [0.3, 0.4) is 0 Å². The van der Waals surface area contributed by atoms with E-state index in [1.54, 1.807) is 20.8 Å². The molecule has 0 aromatic heterocycles. The van der Waals surface area contributed by atoms with E-state index in [0.29, 0.717) is 12.8 Å². The lowest BCUT2D eigenvalue weighted by molar-refractivity contribution is -0.149. The average molecular weight is 630 g/mol. The van der Waals surface area contributed by atoms with Crippen LogP contribution in [0.2, 0.25) is 0 Å². The van der Waals surface area contributed by atoms with E-state index in [1.807, 2.05) is 105 Å². The number of benzene rings is 3. The summed E-state index contributed by atoms with van der Waals surface area (Å²) in [5, 5.41) is 8.37. The summed E-state index contributed by atoms with van der Waals surface area (Å²) in [4.78, 5) is 53.4. The van der Waals surface area contributed by atoms with E-state index in [4.69, 9.17) is 9.47 Å². The van der Waals surface area contributed by atoms with Gasteiger partial charge in [-0.2, -0.15) is 0 Å². The van der Waals surface area contributed by atoms with Crippen molar-refractivity contribution in [1.29, 1.82) is 0 Å². The summed E-state index contributed by atoms with van der Waals surface area (Å²) >= 11 is 0. The van der Waals surface area contributed by atoms with Gasteiger partial charge in [0, 0.05) is 6.42 Å². The topological polar surface area (TPSA) is 123 Å². The minimum absolute atomic E-state index is 0.0373. The Morgan fingerprint density at radius 2 is 1.15 bits per heavy atom. The van der Waals surface area contributed by atoms with Crippen LogP contribution in [0.5, 0.6) is 0 Å². The molecule has 0 unspecified atom stereocenters. The van der Waals surface area contributed by atoms with Gasteiger partial charge in [-0.15, -0.1) is 0 Å². The van der Waals surface area contributed by atoms with Crippen LogP contribution in [0.15, 0.2) is 91.0 Å². The van der Waals surface area contributed by atoms with Gasteiger partial charge < -0.3 is 25.4 Å². The number of hydrogen-bond donors (Lipinski definition) is 3. The Labute approximate surface area is 272 Å². The maximum atomic E-state index is 13.8. The fraction of sp³-hybridized carbons (Fsp3) is 0.405. The second kappa shape index (κ2) is 17.7. The van der Waals surface area contributed by atoms with Crippen LogP contribution < -0.4 is 16.0 Å². The lowest BCUT2D eigenvalue weighted by Crippen LogP contribution is -2.56. The van der Waals surface area contributed by atoms with E-state index in [-0.39, 0.29) is 25.4 Å². The smallest absolute Gasteiger partial charge is 0.408 e. The third-order valence-electron chi connectivity index (χ3n) is 7.02. The molecule has 3 rings (SSSR count). The Hall–Kier alpha value is -4.66. The summed E-state index contributed by atoms with van der Waals surface area (Å²) in [5.74, 6) is -1.58. The van der Waals surface area contributed by atoms with Gasteiger partial charge in [0.15, 0.2) is 0 Å². The Bertz CT molecular complexity index is 1390. The molecule has 46 heavy (non-hydrogen) atoms.